The number of nitrogens with zero attached hydrogens (tertiary/aromatic N) is 8. The number of fused-ring (bicyclic) bond motifs is 2. The van der Waals surface area contributed by atoms with Crippen LogP contribution in [0.3, 0.4) is 0 Å². The summed E-state index contributed by atoms with van der Waals surface area (Å²) in [5, 5.41) is 23.3. The summed E-state index contributed by atoms with van der Waals surface area (Å²) >= 11 is 0. The molecule has 1 aromatic carbocycles. The first-order valence-corrected chi connectivity index (χ1v) is 18.3. The topological polar surface area (TPSA) is 161 Å². The number of rotatable bonds is 8. The number of aromatic nitrogens is 5. The van der Waals surface area contributed by atoms with Crippen LogP contribution in [0.1, 0.15) is 67.1 Å². The van der Waals surface area contributed by atoms with Crippen LogP contribution in [0.2, 0.25) is 0 Å². The van der Waals surface area contributed by atoms with E-state index < -0.39 is 5.97 Å². The Balaban J connectivity index is 1.08. The minimum absolute atomic E-state index is 0.0340. The molecule has 2 fully saturated rings. The van der Waals surface area contributed by atoms with Crippen molar-refractivity contribution in [1.29, 1.82) is 0 Å². The smallest absolute Gasteiger partial charge is 0.356 e. The van der Waals surface area contributed by atoms with Gasteiger partial charge in [-0.05, 0) is 41.3 Å². The van der Waals surface area contributed by atoms with Crippen molar-refractivity contribution in [3.8, 4) is 11.3 Å². The van der Waals surface area contributed by atoms with Gasteiger partial charge in [0.2, 0.25) is 11.6 Å². The number of carbonyl (C=O) groups is 2. The molecule has 3 aliphatic heterocycles. The number of benzene rings is 1. The SMILES string of the molecule is CN=C/C(=C\N)c1cc2cccc(-c3[nH][n+](C4CCN(CC5[C@H](C)CN(c6ccc(C(=O)O)nn6)C[C@@H]5C)CC4)c4c3CN(C(C)=O)CC4)c2cn1. The van der Waals surface area contributed by atoms with E-state index >= 15 is 0 Å². The van der Waals surface area contributed by atoms with Crippen LogP contribution in [0.15, 0.2) is 53.8 Å². The van der Waals surface area contributed by atoms with Gasteiger partial charge >= 0.3 is 5.97 Å². The van der Waals surface area contributed by atoms with Crippen LogP contribution in [0.5, 0.6) is 0 Å². The standard InChI is InChI=1S/C39H48N10O3/c1-24-20-48(37-9-8-34(39(51)52)43-44-37)21-25(2)32(24)22-46-13-10-29(11-14-46)49-36-12-15-47(26(3)50)23-33(36)38(45-49)30-7-5-6-27-16-35(42-19-31(27)30)28(17-40)18-41-4/h5-9,16-19,24-25,29,32H,10-15,20-23H2,1-4H3,(H3,40,41,42,51,52)/p+1/t24-,25+,32?. The number of piperidine rings is 2. The number of hydrogen-bond acceptors (Lipinski definition) is 9. The first-order valence-electron chi connectivity index (χ1n) is 18.3. The Hall–Kier alpha value is -5.17. The molecule has 1 unspecified atom stereocenters. The van der Waals surface area contributed by atoms with Crippen molar-refractivity contribution in [2.45, 2.75) is 52.6 Å². The maximum absolute atomic E-state index is 12.6. The average molecular weight is 706 g/mol. The van der Waals surface area contributed by atoms with Gasteiger partial charge in [0.25, 0.3) is 0 Å². The quantitative estimate of drug-likeness (QED) is 0.182. The van der Waals surface area contributed by atoms with E-state index in [0.717, 1.165) is 97.6 Å². The van der Waals surface area contributed by atoms with Crippen molar-refractivity contribution in [3.05, 3.63) is 71.4 Å². The summed E-state index contributed by atoms with van der Waals surface area (Å²) in [5.74, 6) is 1.25. The van der Waals surface area contributed by atoms with E-state index in [-0.39, 0.29) is 11.6 Å². The van der Waals surface area contributed by atoms with Crippen molar-refractivity contribution in [2.75, 3.05) is 51.2 Å². The summed E-state index contributed by atoms with van der Waals surface area (Å²) in [4.78, 5) is 39.5. The van der Waals surface area contributed by atoms with E-state index in [1.54, 1.807) is 26.3 Å². The van der Waals surface area contributed by atoms with Crippen molar-refractivity contribution in [2.24, 2.45) is 28.5 Å². The highest BCUT2D eigenvalue weighted by Crippen LogP contribution is 2.36. The lowest BCUT2D eigenvalue weighted by atomic mass is 9.79. The summed E-state index contributed by atoms with van der Waals surface area (Å²) < 4.78 is 2.42. The lowest BCUT2D eigenvalue weighted by Crippen LogP contribution is -2.53. The number of carboxylic acid groups (broad SMARTS) is 1. The van der Waals surface area contributed by atoms with Gasteiger partial charge in [0, 0.05) is 101 Å². The predicted molar refractivity (Wildman–Crippen MR) is 201 cm³/mol. The molecule has 13 heteroatoms. The second-order valence-corrected chi connectivity index (χ2v) is 14.7. The van der Waals surface area contributed by atoms with Crippen LogP contribution in [0, 0.1) is 17.8 Å². The number of amides is 1. The zero-order valence-corrected chi connectivity index (χ0v) is 30.5. The summed E-state index contributed by atoms with van der Waals surface area (Å²) in [5.41, 5.74) is 12.0. The van der Waals surface area contributed by atoms with Gasteiger partial charge in [0.1, 0.15) is 5.69 Å². The lowest BCUT2D eigenvalue weighted by Gasteiger charge is -2.44. The molecule has 0 spiro atoms. The number of allylic oxidation sites excluding steroid dienone is 1. The number of H-pyrrole nitrogens is 1. The molecule has 52 heavy (non-hydrogen) atoms. The number of nitrogens with two attached hydrogens (primary N) is 1. The van der Waals surface area contributed by atoms with Gasteiger partial charge in [0.05, 0.1) is 24.2 Å². The van der Waals surface area contributed by atoms with Crippen LogP contribution >= 0.6 is 0 Å². The summed E-state index contributed by atoms with van der Waals surface area (Å²) in [6, 6.07) is 12.0. The highest BCUT2D eigenvalue weighted by Gasteiger charge is 2.39. The third-order valence-electron chi connectivity index (χ3n) is 11.4. The van der Waals surface area contributed by atoms with E-state index in [9.17, 15) is 14.7 Å². The highest BCUT2D eigenvalue weighted by atomic mass is 16.4. The zero-order valence-electron chi connectivity index (χ0n) is 30.5. The van der Waals surface area contributed by atoms with Gasteiger partial charge < -0.3 is 25.5 Å². The Labute approximate surface area is 304 Å². The van der Waals surface area contributed by atoms with Gasteiger partial charge in [-0.2, -0.15) is 5.10 Å². The van der Waals surface area contributed by atoms with Gasteiger partial charge in [-0.25, -0.2) is 4.79 Å². The van der Waals surface area contributed by atoms with Crippen LogP contribution in [-0.4, -0.2) is 99.6 Å². The summed E-state index contributed by atoms with van der Waals surface area (Å²) in [7, 11) is 1.72. The summed E-state index contributed by atoms with van der Waals surface area (Å²) in [6.07, 6.45) is 8.09. The summed E-state index contributed by atoms with van der Waals surface area (Å²) in [6.45, 7) is 12.5. The number of hydrogen-bond donors (Lipinski definition) is 3. The van der Waals surface area contributed by atoms with E-state index in [0.29, 0.717) is 30.3 Å². The van der Waals surface area contributed by atoms with Crippen LogP contribution < -0.4 is 15.3 Å². The van der Waals surface area contributed by atoms with Crippen molar-refractivity contribution in [3.63, 3.8) is 0 Å². The second kappa shape index (κ2) is 14.8. The monoisotopic (exact) mass is 705 g/mol. The highest BCUT2D eigenvalue weighted by molar-refractivity contribution is 6.10. The maximum Gasteiger partial charge on any atom is 0.356 e. The molecule has 3 atom stereocenters. The van der Waals surface area contributed by atoms with Gasteiger partial charge in [-0.3, -0.25) is 14.8 Å². The number of aromatic carboxylic acids is 1. The molecule has 0 bridgehead atoms. The minimum atomic E-state index is -1.06. The number of likely N-dealkylation sites (tertiary alicyclic amines) is 1. The van der Waals surface area contributed by atoms with E-state index in [1.807, 2.05) is 11.1 Å². The van der Waals surface area contributed by atoms with E-state index in [4.69, 9.17) is 10.7 Å². The fourth-order valence-electron chi connectivity index (χ4n) is 8.60. The third-order valence-corrected chi connectivity index (χ3v) is 11.4. The molecule has 0 saturated carbocycles. The molecule has 7 rings (SSSR count). The van der Waals surface area contributed by atoms with Gasteiger partial charge in [-0.1, -0.05) is 32.0 Å². The number of anilines is 1. The number of carbonyl (C=O) groups excluding carboxylic acids is 1. The maximum atomic E-state index is 12.6. The molecule has 3 aromatic heterocycles. The van der Waals surface area contributed by atoms with Crippen LogP contribution in [0.25, 0.3) is 27.6 Å². The minimum Gasteiger partial charge on any atom is -0.476 e. The van der Waals surface area contributed by atoms with Crippen LogP contribution in [0.4, 0.5) is 5.82 Å². The molecule has 2 saturated heterocycles. The number of nitrogens with one attached hydrogen (secondary N) is 1. The Morgan fingerprint density at radius 1 is 1.08 bits per heavy atom. The predicted octanol–water partition coefficient (Wildman–Crippen LogP) is 3.96. The molecule has 1 amide bonds. The molecule has 4 aromatic rings. The first-order chi connectivity index (χ1) is 25.1. The normalized spacial score (nSPS) is 21.9. The lowest BCUT2D eigenvalue weighted by molar-refractivity contribution is -0.781. The number of aromatic amines is 1. The molecule has 6 heterocycles. The van der Waals surface area contributed by atoms with Gasteiger partial charge in [-0.15, -0.1) is 14.9 Å². The van der Waals surface area contributed by atoms with Crippen LogP contribution in [-0.2, 0) is 17.8 Å². The van der Waals surface area contributed by atoms with Gasteiger partial charge in [0.15, 0.2) is 17.6 Å². The largest absolute Gasteiger partial charge is 0.476 e. The Morgan fingerprint density at radius 2 is 1.85 bits per heavy atom. The fraction of sp³-hybridized carbons (Fsp3) is 0.462. The van der Waals surface area contributed by atoms with E-state index in [2.05, 4.69) is 72.9 Å². The second-order valence-electron chi connectivity index (χ2n) is 14.7. The molecule has 3 aliphatic rings. The molecule has 13 nitrogen and oxygen atoms in total. The fourth-order valence-corrected chi connectivity index (χ4v) is 8.60. The third kappa shape index (κ3) is 6.89. The Morgan fingerprint density at radius 3 is 2.50 bits per heavy atom. The molecule has 4 N–H and O–H groups in total. The molecular weight excluding hydrogens is 656 g/mol. The molecule has 272 valence electrons. The van der Waals surface area contributed by atoms with Crippen molar-refractivity contribution >= 4 is 40.3 Å². The zero-order chi connectivity index (χ0) is 36.5. The van der Waals surface area contributed by atoms with Crippen molar-refractivity contribution < 1.29 is 19.4 Å². The van der Waals surface area contributed by atoms with E-state index in [1.165, 1.54) is 23.5 Å². The number of pyridine rings is 1. The molecular formula is C39H49N10O3+. The number of carboxylic acids is 1. The Bertz CT molecular complexity index is 2000. The Kier molecular flexibility index (Phi) is 10.0. The first kappa shape index (κ1) is 35.2. The molecule has 0 radical (unpaired) electrons. The average Bonchev–Trinajstić information content (AvgIpc) is 3.53. The van der Waals surface area contributed by atoms with Crippen molar-refractivity contribution in [1.82, 2.24) is 30.1 Å². The molecule has 0 aliphatic carbocycles. The number of aliphatic imine (C=N–C) groups is 1.